The Hall–Kier alpha value is -0.570. The molecule has 2 fully saturated rings. The van der Waals surface area contributed by atoms with Crippen LogP contribution in [0, 0.1) is 5.92 Å². The van der Waals surface area contributed by atoms with Crippen molar-refractivity contribution in [2.75, 3.05) is 32.7 Å². The van der Waals surface area contributed by atoms with Crippen molar-refractivity contribution >= 4 is 5.91 Å². The highest BCUT2D eigenvalue weighted by molar-refractivity contribution is 5.76. The molecule has 0 aromatic rings. The molecule has 1 aliphatic carbocycles. The van der Waals surface area contributed by atoms with E-state index in [1.807, 2.05) is 0 Å². The highest BCUT2D eigenvalue weighted by Crippen LogP contribution is 2.29. The van der Waals surface area contributed by atoms with E-state index in [4.69, 9.17) is 0 Å². The summed E-state index contributed by atoms with van der Waals surface area (Å²) in [5.74, 6) is 1.34. The molecule has 0 aromatic carbocycles. The van der Waals surface area contributed by atoms with Crippen LogP contribution in [0.4, 0.5) is 0 Å². The van der Waals surface area contributed by atoms with Crippen LogP contribution in [0.15, 0.2) is 0 Å². The molecule has 0 atom stereocenters. The molecular weight excluding hydrogens is 200 g/mol. The average molecular weight is 224 g/mol. The minimum absolute atomic E-state index is 0.368. The van der Waals surface area contributed by atoms with Crippen molar-refractivity contribution in [3.63, 3.8) is 0 Å². The molecule has 1 aliphatic heterocycles. The van der Waals surface area contributed by atoms with Crippen LogP contribution in [-0.2, 0) is 4.79 Å². The van der Waals surface area contributed by atoms with Crippen molar-refractivity contribution in [1.82, 2.24) is 9.80 Å². The summed E-state index contributed by atoms with van der Waals surface area (Å²) in [6.45, 7) is 7.51. The van der Waals surface area contributed by atoms with Crippen molar-refractivity contribution in [1.29, 1.82) is 0 Å². The van der Waals surface area contributed by atoms with Crippen LogP contribution in [0.2, 0.25) is 0 Å². The van der Waals surface area contributed by atoms with Gasteiger partial charge < -0.3 is 4.90 Å². The third-order valence-corrected chi connectivity index (χ3v) is 3.68. The summed E-state index contributed by atoms with van der Waals surface area (Å²) in [5.41, 5.74) is 0. The average Bonchev–Trinajstić information content (AvgIpc) is 3.11. The smallest absolute Gasteiger partial charge is 0.222 e. The van der Waals surface area contributed by atoms with E-state index < -0.39 is 0 Å². The van der Waals surface area contributed by atoms with E-state index in [-0.39, 0.29) is 0 Å². The van der Waals surface area contributed by atoms with E-state index in [2.05, 4.69) is 16.7 Å². The fraction of sp³-hybridized carbons (Fsp3) is 0.923. The lowest BCUT2D eigenvalue weighted by Crippen LogP contribution is -2.49. The zero-order chi connectivity index (χ0) is 11.4. The Balaban J connectivity index is 1.65. The monoisotopic (exact) mass is 224 g/mol. The third kappa shape index (κ3) is 3.48. The number of rotatable bonds is 5. The van der Waals surface area contributed by atoms with Gasteiger partial charge in [0.05, 0.1) is 0 Å². The second kappa shape index (κ2) is 5.67. The molecule has 3 heteroatoms. The van der Waals surface area contributed by atoms with Gasteiger partial charge in [-0.05, 0) is 25.2 Å². The summed E-state index contributed by atoms with van der Waals surface area (Å²) in [5, 5.41) is 0. The van der Waals surface area contributed by atoms with Crippen molar-refractivity contribution in [2.45, 2.75) is 39.0 Å². The van der Waals surface area contributed by atoms with E-state index in [0.29, 0.717) is 5.91 Å². The molecule has 2 rings (SSSR count). The van der Waals surface area contributed by atoms with Gasteiger partial charge in [0, 0.05) is 39.1 Å². The molecule has 1 saturated carbocycles. The maximum atomic E-state index is 11.8. The van der Waals surface area contributed by atoms with Crippen LogP contribution >= 0.6 is 0 Å². The molecule has 0 spiro atoms. The molecule has 1 heterocycles. The van der Waals surface area contributed by atoms with Crippen LogP contribution < -0.4 is 0 Å². The standard InChI is InChI=1S/C13H24N2O/c1-2-3-4-13(16)15-9-7-14(8-10-15)11-12-5-6-12/h12H,2-11H2,1H3. The number of hydrogen-bond acceptors (Lipinski definition) is 2. The summed E-state index contributed by atoms with van der Waals surface area (Å²) in [6, 6.07) is 0. The zero-order valence-corrected chi connectivity index (χ0v) is 10.5. The van der Waals surface area contributed by atoms with E-state index in [1.165, 1.54) is 19.4 Å². The fourth-order valence-electron chi connectivity index (χ4n) is 2.33. The maximum absolute atomic E-state index is 11.8. The molecule has 1 saturated heterocycles. The second-order valence-corrected chi connectivity index (χ2v) is 5.23. The first-order chi connectivity index (χ1) is 7.79. The molecule has 2 aliphatic rings. The van der Waals surface area contributed by atoms with E-state index in [1.54, 1.807) is 0 Å². The van der Waals surface area contributed by atoms with Gasteiger partial charge in [-0.1, -0.05) is 13.3 Å². The predicted octanol–water partition coefficient (Wildman–Crippen LogP) is 1.73. The number of piperazine rings is 1. The highest BCUT2D eigenvalue weighted by atomic mass is 16.2. The molecule has 0 aromatic heterocycles. The van der Waals surface area contributed by atoms with Crippen molar-refractivity contribution in [3.05, 3.63) is 0 Å². The molecule has 16 heavy (non-hydrogen) atoms. The van der Waals surface area contributed by atoms with Crippen LogP contribution in [0.3, 0.4) is 0 Å². The summed E-state index contributed by atoms with van der Waals surface area (Å²) >= 11 is 0. The minimum Gasteiger partial charge on any atom is -0.340 e. The Labute approximate surface area is 98.8 Å². The van der Waals surface area contributed by atoms with Gasteiger partial charge in [-0.2, -0.15) is 0 Å². The lowest BCUT2D eigenvalue weighted by atomic mass is 10.2. The summed E-state index contributed by atoms with van der Waals surface area (Å²) in [4.78, 5) is 16.4. The zero-order valence-electron chi connectivity index (χ0n) is 10.5. The van der Waals surface area contributed by atoms with Crippen LogP contribution in [-0.4, -0.2) is 48.4 Å². The van der Waals surface area contributed by atoms with Crippen LogP contribution in [0.5, 0.6) is 0 Å². The van der Waals surface area contributed by atoms with Crippen molar-refractivity contribution in [2.24, 2.45) is 5.92 Å². The Bertz CT molecular complexity index is 230. The molecule has 1 amide bonds. The Morgan fingerprint density at radius 3 is 2.44 bits per heavy atom. The Kier molecular flexibility index (Phi) is 4.22. The molecule has 3 nitrogen and oxygen atoms in total. The normalized spacial score (nSPS) is 22.4. The number of carbonyl (C=O) groups is 1. The Morgan fingerprint density at radius 2 is 1.88 bits per heavy atom. The molecular formula is C13H24N2O. The summed E-state index contributed by atoms with van der Waals surface area (Å²) in [7, 11) is 0. The topological polar surface area (TPSA) is 23.6 Å². The third-order valence-electron chi connectivity index (χ3n) is 3.68. The number of hydrogen-bond donors (Lipinski definition) is 0. The van der Waals surface area contributed by atoms with Crippen molar-refractivity contribution in [3.8, 4) is 0 Å². The minimum atomic E-state index is 0.368. The first-order valence-corrected chi connectivity index (χ1v) is 6.79. The second-order valence-electron chi connectivity index (χ2n) is 5.23. The highest BCUT2D eigenvalue weighted by Gasteiger charge is 2.27. The van der Waals surface area contributed by atoms with Crippen LogP contribution in [0.1, 0.15) is 39.0 Å². The van der Waals surface area contributed by atoms with E-state index >= 15 is 0 Å². The van der Waals surface area contributed by atoms with Gasteiger partial charge in [0.1, 0.15) is 0 Å². The van der Waals surface area contributed by atoms with Gasteiger partial charge in [0.15, 0.2) is 0 Å². The summed E-state index contributed by atoms with van der Waals surface area (Å²) < 4.78 is 0. The van der Waals surface area contributed by atoms with Gasteiger partial charge in [-0.25, -0.2) is 0 Å². The lowest BCUT2D eigenvalue weighted by molar-refractivity contribution is -0.133. The van der Waals surface area contributed by atoms with Gasteiger partial charge in [0.25, 0.3) is 0 Å². The first kappa shape index (κ1) is 11.9. The largest absolute Gasteiger partial charge is 0.340 e. The molecule has 0 N–H and O–H groups in total. The van der Waals surface area contributed by atoms with Crippen molar-refractivity contribution < 1.29 is 4.79 Å². The number of amides is 1. The molecule has 0 radical (unpaired) electrons. The molecule has 92 valence electrons. The maximum Gasteiger partial charge on any atom is 0.222 e. The number of carbonyl (C=O) groups excluding carboxylic acids is 1. The van der Waals surface area contributed by atoms with E-state index in [9.17, 15) is 4.79 Å². The first-order valence-electron chi connectivity index (χ1n) is 6.79. The molecule has 0 bridgehead atoms. The Morgan fingerprint density at radius 1 is 1.19 bits per heavy atom. The van der Waals surface area contributed by atoms with E-state index in [0.717, 1.165) is 51.4 Å². The molecule has 0 unspecified atom stereocenters. The quantitative estimate of drug-likeness (QED) is 0.710. The number of unbranched alkanes of at least 4 members (excludes halogenated alkanes) is 1. The van der Waals surface area contributed by atoms with Gasteiger partial charge in [-0.15, -0.1) is 0 Å². The predicted molar refractivity (Wildman–Crippen MR) is 65.3 cm³/mol. The lowest BCUT2D eigenvalue weighted by Gasteiger charge is -2.34. The van der Waals surface area contributed by atoms with Gasteiger partial charge >= 0.3 is 0 Å². The van der Waals surface area contributed by atoms with Gasteiger partial charge in [-0.3, -0.25) is 9.69 Å². The SMILES string of the molecule is CCCCC(=O)N1CCN(CC2CC2)CC1. The fourth-order valence-corrected chi connectivity index (χ4v) is 2.33. The van der Waals surface area contributed by atoms with Gasteiger partial charge in [0.2, 0.25) is 5.91 Å². The van der Waals surface area contributed by atoms with Crippen LogP contribution in [0.25, 0.3) is 0 Å². The summed E-state index contributed by atoms with van der Waals surface area (Å²) in [6.07, 6.45) is 5.76. The number of nitrogens with zero attached hydrogens (tertiary/aromatic N) is 2.